The largest absolute Gasteiger partial charge is 0.508 e. The molecule has 2 heterocycles. The van der Waals surface area contributed by atoms with Crippen LogP contribution in [0.2, 0.25) is 0 Å². The molecule has 1 aliphatic rings. The van der Waals surface area contributed by atoms with E-state index in [2.05, 4.69) is 40.0 Å². The van der Waals surface area contributed by atoms with Gasteiger partial charge in [-0.15, -0.1) is 35.3 Å². The molecule has 0 spiro atoms. The predicted octanol–water partition coefficient (Wildman–Crippen LogP) is 3.96. The number of phenolic OH excluding ortho intramolecular Hbond substituents is 1. The zero-order valence-corrected chi connectivity index (χ0v) is 18.9. The third-order valence-corrected chi connectivity index (χ3v) is 5.59. The molecular weight excluding hydrogens is 471 g/mol. The molecule has 1 atom stereocenters. The lowest BCUT2D eigenvalue weighted by molar-refractivity contribution is 0.249. The molecule has 0 aliphatic carbocycles. The second-order valence-corrected chi connectivity index (χ2v) is 7.50. The average molecular weight is 500 g/mol. The smallest absolute Gasteiger partial charge is 0.191 e. The minimum absolute atomic E-state index is 0. The van der Waals surface area contributed by atoms with Crippen molar-refractivity contribution in [1.82, 2.24) is 15.5 Å². The van der Waals surface area contributed by atoms with Gasteiger partial charge in [0, 0.05) is 18.0 Å². The van der Waals surface area contributed by atoms with E-state index in [0.29, 0.717) is 12.6 Å². The highest BCUT2D eigenvalue weighted by atomic mass is 127. The van der Waals surface area contributed by atoms with Crippen LogP contribution in [0.4, 0.5) is 0 Å². The normalized spacial score (nSPS) is 16.0. The second kappa shape index (κ2) is 11.5. The van der Waals surface area contributed by atoms with Gasteiger partial charge in [-0.25, -0.2) is 4.99 Å². The van der Waals surface area contributed by atoms with Crippen LogP contribution in [-0.4, -0.2) is 42.1 Å². The fourth-order valence-electron chi connectivity index (χ4n) is 3.25. The van der Waals surface area contributed by atoms with Crippen LogP contribution in [0.3, 0.4) is 0 Å². The first kappa shape index (κ1) is 22.0. The van der Waals surface area contributed by atoms with Gasteiger partial charge in [0.25, 0.3) is 0 Å². The van der Waals surface area contributed by atoms with Crippen molar-refractivity contribution in [3.8, 4) is 5.75 Å². The Morgan fingerprint density at radius 1 is 1.19 bits per heavy atom. The summed E-state index contributed by atoms with van der Waals surface area (Å²) in [4.78, 5) is 8.67. The minimum Gasteiger partial charge on any atom is -0.508 e. The molecule has 0 radical (unpaired) electrons. The first-order valence-electron chi connectivity index (χ1n) is 9.34. The van der Waals surface area contributed by atoms with E-state index in [1.54, 1.807) is 12.1 Å². The van der Waals surface area contributed by atoms with Gasteiger partial charge < -0.3 is 15.7 Å². The molecule has 1 aromatic heterocycles. The van der Waals surface area contributed by atoms with E-state index in [1.807, 2.05) is 23.5 Å². The molecule has 27 heavy (non-hydrogen) atoms. The molecule has 1 unspecified atom stereocenters. The molecule has 0 bridgehead atoms. The lowest BCUT2D eigenvalue weighted by Gasteiger charge is -2.27. The van der Waals surface area contributed by atoms with Crippen molar-refractivity contribution in [2.45, 2.75) is 32.4 Å². The van der Waals surface area contributed by atoms with Gasteiger partial charge in [-0.2, -0.15) is 0 Å². The van der Waals surface area contributed by atoms with Crippen molar-refractivity contribution in [2.24, 2.45) is 4.99 Å². The van der Waals surface area contributed by atoms with Crippen LogP contribution >= 0.6 is 35.3 Å². The molecule has 0 amide bonds. The maximum atomic E-state index is 9.39. The van der Waals surface area contributed by atoms with Crippen molar-refractivity contribution in [3.05, 3.63) is 52.2 Å². The quantitative estimate of drug-likeness (QED) is 0.306. The summed E-state index contributed by atoms with van der Waals surface area (Å²) in [6.45, 7) is 6.69. The second-order valence-electron chi connectivity index (χ2n) is 6.52. The third-order valence-electron chi connectivity index (χ3n) is 4.62. The molecule has 1 fully saturated rings. The summed E-state index contributed by atoms with van der Waals surface area (Å²) in [6, 6.07) is 12.0. The van der Waals surface area contributed by atoms with Crippen molar-refractivity contribution >= 4 is 41.3 Å². The number of thiophene rings is 1. The number of nitrogens with one attached hydrogen (secondary N) is 2. The van der Waals surface area contributed by atoms with Crippen LogP contribution in [0, 0.1) is 0 Å². The summed E-state index contributed by atoms with van der Waals surface area (Å²) >= 11 is 1.83. The monoisotopic (exact) mass is 500 g/mol. The first-order valence-corrected chi connectivity index (χ1v) is 10.2. The Morgan fingerprint density at radius 3 is 2.56 bits per heavy atom. The highest BCUT2D eigenvalue weighted by molar-refractivity contribution is 14.0. The number of benzene rings is 1. The standard InChI is InChI=1S/C20H28N4OS.HI/c1-2-21-20(22-14-16-7-9-17(25)10-8-16)23-15-18(19-6-5-13-26-19)24-11-3-4-12-24;/h5-10,13,18,25H,2-4,11-12,14-15H2,1H3,(H2,21,22,23);1H. The Labute approximate surface area is 182 Å². The molecule has 1 aromatic carbocycles. The lowest BCUT2D eigenvalue weighted by Crippen LogP contribution is -2.42. The van der Waals surface area contributed by atoms with E-state index < -0.39 is 0 Å². The van der Waals surface area contributed by atoms with Crippen LogP contribution in [0.1, 0.15) is 36.2 Å². The van der Waals surface area contributed by atoms with Crippen molar-refractivity contribution in [2.75, 3.05) is 26.2 Å². The number of rotatable bonds is 7. The molecule has 7 heteroatoms. The third kappa shape index (κ3) is 6.65. The van der Waals surface area contributed by atoms with Gasteiger partial charge in [0.15, 0.2) is 5.96 Å². The van der Waals surface area contributed by atoms with E-state index in [4.69, 9.17) is 4.99 Å². The van der Waals surface area contributed by atoms with E-state index in [-0.39, 0.29) is 29.7 Å². The summed E-state index contributed by atoms with van der Waals surface area (Å²) in [5.74, 6) is 1.12. The molecule has 0 saturated carbocycles. The fraction of sp³-hybridized carbons (Fsp3) is 0.450. The maximum Gasteiger partial charge on any atom is 0.191 e. The summed E-state index contributed by atoms with van der Waals surface area (Å²) in [6.07, 6.45) is 2.58. The van der Waals surface area contributed by atoms with Crippen LogP contribution in [0.5, 0.6) is 5.75 Å². The highest BCUT2D eigenvalue weighted by Gasteiger charge is 2.24. The zero-order valence-electron chi connectivity index (χ0n) is 15.7. The van der Waals surface area contributed by atoms with Gasteiger partial charge in [0.05, 0.1) is 12.6 Å². The number of hydrogen-bond acceptors (Lipinski definition) is 4. The number of aromatic hydroxyl groups is 1. The number of aliphatic imine (C=N–C) groups is 1. The van der Waals surface area contributed by atoms with E-state index in [1.165, 1.54) is 30.8 Å². The Balaban J connectivity index is 0.00000261. The fourth-order valence-corrected chi connectivity index (χ4v) is 4.11. The van der Waals surface area contributed by atoms with Gasteiger partial charge in [0.2, 0.25) is 0 Å². The van der Waals surface area contributed by atoms with Crippen LogP contribution in [0.25, 0.3) is 0 Å². The van der Waals surface area contributed by atoms with E-state index in [9.17, 15) is 5.11 Å². The molecule has 3 N–H and O–H groups in total. The van der Waals surface area contributed by atoms with Crippen LogP contribution in [0.15, 0.2) is 46.8 Å². The number of hydrogen-bond donors (Lipinski definition) is 3. The van der Waals surface area contributed by atoms with E-state index in [0.717, 1.165) is 24.6 Å². The molecule has 1 aliphatic heterocycles. The molecule has 2 aromatic rings. The molecular formula is C20H29IN4OS. The van der Waals surface area contributed by atoms with Gasteiger partial charge >= 0.3 is 0 Å². The molecule has 1 saturated heterocycles. The zero-order chi connectivity index (χ0) is 18.2. The lowest BCUT2D eigenvalue weighted by atomic mass is 10.2. The molecule has 148 valence electrons. The number of guanidine groups is 1. The van der Waals surface area contributed by atoms with Crippen LogP contribution in [-0.2, 0) is 6.54 Å². The van der Waals surface area contributed by atoms with Crippen LogP contribution < -0.4 is 10.6 Å². The Morgan fingerprint density at radius 2 is 1.93 bits per heavy atom. The summed E-state index contributed by atoms with van der Waals surface area (Å²) in [7, 11) is 0. The van der Waals surface area contributed by atoms with Crippen molar-refractivity contribution in [3.63, 3.8) is 0 Å². The Hall–Kier alpha value is -1.32. The maximum absolute atomic E-state index is 9.39. The number of likely N-dealkylation sites (tertiary alicyclic amines) is 1. The number of phenols is 1. The van der Waals surface area contributed by atoms with Gasteiger partial charge in [-0.1, -0.05) is 18.2 Å². The Bertz CT molecular complexity index is 685. The minimum atomic E-state index is 0. The number of nitrogens with zero attached hydrogens (tertiary/aromatic N) is 2. The Kier molecular flexibility index (Phi) is 9.36. The van der Waals surface area contributed by atoms with Gasteiger partial charge in [-0.05, 0) is 62.0 Å². The summed E-state index contributed by atoms with van der Waals surface area (Å²) in [5.41, 5.74) is 1.08. The SMILES string of the molecule is CCNC(=NCc1ccc(O)cc1)NCC(c1cccs1)N1CCCC1.I. The molecule has 5 nitrogen and oxygen atoms in total. The van der Waals surface area contributed by atoms with Gasteiger partial charge in [-0.3, -0.25) is 4.90 Å². The average Bonchev–Trinajstić information content (AvgIpc) is 3.35. The topological polar surface area (TPSA) is 59.9 Å². The predicted molar refractivity (Wildman–Crippen MR) is 124 cm³/mol. The number of halogens is 1. The van der Waals surface area contributed by atoms with Crippen molar-refractivity contribution < 1.29 is 5.11 Å². The first-order chi connectivity index (χ1) is 12.8. The summed E-state index contributed by atoms with van der Waals surface area (Å²) in [5, 5.41) is 18.4. The van der Waals surface area contributed by atoms with E-state index >= 15 is 0 Å². The van der Waals surface area contributed by atoms with Gasteiger partial charge in [0.1, 0.15) is 5.75 Å². The summed E-state index contributed by atoms with van der Waals surface area (Å²) < 4.78 is 0. The van der Waals surface area contributed by atoms with Crippen molar-refractivity contribution in [1.29, 1.82) is 0 Å². The molecule has 3 rings (SSSR count). The highest BCUT2D eigenvalue weighted by Crippen LogP contribution is 2.27.